The first-order valence-corrected chi connectivity index (χ1v) is 11.4. The molecule has 0 radical (unpaired) electrons. The van der Waals surface area contributed by atoms with E-state index in [1.54, 1.807) is 12.4 Å². The standard InChI is InChI=1S/C21H29N7S/c1-22-20(27-9-11-28(12-10-27)21-23-7-2-8-24-21)25-17-18-3-5-19(6-4-18)26-13-15-29-16-14-26/h2-8H,9-17H2,1H3,(H,22,25). The lowest BCUT2D eigenvalue weighted by molar-refractivity contribution is 0.370. The number of hydrogen-bond acceptors (Lipinski definition) is 6. The molecule has 2 fully saturated rings. The van der Waals surface area contributed by atoms with Crippen LogP contribution in [-0.2, 0) is 6.54 Å². The molecule has 1 aromatic heterocycles. The van der Waals surface area contributed by atoms with Crippen LogP contribution in [0.25, 0.3) is 0 Å². The van der Waals surface area contributed by atoms with Gasteiger partial charge >= 0.3 is 0 Å². The largest absolute Gasteiger partial charge is 0.370 e. The second-order valence-electron chi connectivity index (χ2n) is 7.19. The van der Waals surface area contributed by atoms with Crippen molar-refractivity contribution in [2.75, 3.05) is 67.6 Å². The Kier molecular flexibility index (Phi) is 6.71. The lowest BCUT2D eigenvalue weighted by Crippen LogP contribution is -2.52. The lowest BCUT2D eigenvalue weighted by atomic mass is 10.2. The van der Waals surface area contributed by atoms with Crippen molar-refractivity contribution >= 4 is 29.4 Å². The monoisotopic (exact) mass is 411 g/mol. The normalized spacial score (nSPS) is 18.1. The van der Waals surface area contributed by atoms with Gasteiger partial charge in [0.2, 0.25) is 5.95 Å². The first-order valence-electron chi connectivity index (χ1n) is 10.2. The third-order valence-corrected chi connectivity index (χ3v) is 6.33. The third kappa shape index (κ3) is 5.12. The molecule has 4 rings (SSSR count). The van der Waals surface area contributed by atoms with Gasteiger partial charge in [0.15, 0.2) is 5.96 Å². The molecule has 2 saturated heterocycles. The van der Waals surface area contributed by atoms with Crippen LogP contribution in [0.15, 0.2) is 47.7 Å². The number of piperazine rings is 1. The average Bonchev–Trinajstić information content (AvgIpc) is 2.81. The summed E-state index contributed by atoms with van der Waals surface area (Å²) in [6.45, 7) is 6.68. The van der Waals surface area contributed by atoms with Crippen LogP contribution in [0, 0.1) is 0 Å². The Balaban J connectivity index is 1.27. The quantitative estimate of drug-likeness (QED) is 0.609. The summed E-state index contributed by atoms with van der Waals surface area (Å²) in [5, 5.41) is 3.52. The van der Waals surface area contributed by atoms with E-state index < -0.39 is 0 Å². The molecule has 0 unspecified atom stereocenters. The molecular formula is C21H29N7S. The van der Waals surface area contributed by atoms with Gasteiger partial charge in [0.1, 0.15) is 0 Å². The van der Waals surface area contributed by atoms with Crippen LogP contribution in [0.5, 0.6) is 0 Å². The summed E-state index contributed by atoms with van der Waals surface area (Å²) < 4.78 is 0. The van der Waals surface area contributed by atoms with Gasteiger partial charge in [0.25, 0.3) is 0 Å². The Labute approximate surface area is 177 Å². The maximum absolute atomic E-state index is 4.49. The maximum atomic E-state index is 4.49. The van der Waals surface area contributed by atoms with E-state index in [-0.39, 0.29) is 0 Å². The molecular weight excluding hydrogens is 382 g/mol. The van der Waals surface area contributed by atoms with Crippen molar-refractivity contribution in [1.29, 1.82) is 0 Å². The Bertz CT molecular complexity index is 782. The molecule has 0 atom stereocenters. The zero-order valence-electron chi connectivity index (χ0n) is 17.0. The van der Waals surface area contributed by atoms with Gasteiger partial charge in [-0.25, -0.2) is 9.97 Å². The number of aliphatic imine (C=N–C) groups is 1. The molecule has 0 spiro atoms. The van der Waals surface area contributed by atoms with Crippen molar-refractivity contribution in [2.24, 2.45) is 4.99 Å². The number of nitrogens with zero attached hydrogens (tertiary/aromatic N) is 6. The minimum atomic E-state index is 0.783. The van der Waals surface area contributed by atoms with Gasteiger partial charge in [0, 0.05) is 82.4 Å². The summed E-state index contributed by atoms with van der Waals surface area (Å²) in [6.07, 6.45) is 3.59. The van der Waals surface area contributed by atoms with E-state index >= 15 is 0 Å². The molecule has 2 aromatic rings. The first-order chi connectivity index (χ1) is 14.3. The van der Waals surface area contributed by atoms with Crippen molar-refractivity contribution < 1.29 is 0 Å². The van der Waals surface area contributed by atoms with Gasteiger partial charge in [-0.3, -0.25) is 4.99 Å². The van der Waals surface area contributed by atoms with Gasteiger partial charge in [-0.15, -0.1) is 0 Å². The summed E-state index contributed by atoms with van der Waals surface area (Å²) in [5.74, 6) is 4.21. The van der Waals surface area contributed by atoms with Crippen LogP contribution in [0.2, 0.25) is 0 Å². The molecule has 154 valence electrons. The molecule has 7 nitrogen and oxygen atoms in total. The van der Waals surface area contributed by atoms with E-state index in [9.17, 15) is 0 Å². The SMILES string of the molecule is CN=C(NCc1ccc(N2CCSCC2)cc1)N1CCN(c2ncccn2)CC1. The highest BCUT2D eigenvalue weighted by Crippen LogP contribution is 2.20. The molecule has 1 aromatic carbocycles. The minimum absolute atomic E-state index is 0.783. The van der Waals surface area contributed by atoms with Gasteiger partial charge in [0.05, 0.1) is 0 Å². The molecule has 29 heavy (non-hydrogen) atoms. The fraction of sp³-hybridized carbons (Fsp3) is 0.476. The Morgan fingerprint density at radius 1 is 0.966 bits per heavy atom. The molecule has 0 bridgehead atoms. The van der Waals surface area contributed by atoms with Gasteiger partial charge in [-0.05, 0) is 23.8 Å². The minimum Gasteiger partial charge on any atom is -0.370 e. The Morgan fingerprint density at radius 2 is 1.66 bits per heavy atom. The predicted molar refractivity (Wildman–Crippen MR) is 122 cm³/mol. The van der Waals surface area contributed by atoms with Crippen LogP contribution in [-0.4, -0.2) is 78.6 Å². The van der Waals surface area contributed by atoms with E-state index in [2.05, 4.69) is 59.2 Å². The predicted octanol–water partition coefficient (Wildman–Crippen LogP) is 1.93. The van der Waals surface area contributed by atoms with Gasteiger partial charge < -0.3 is 20.0 Å². The summed E-state index contributed by atoms with van der Waals surface area (Å²) in [6, 6.07) is 10.8. The van der Waals surface area contributed by atoms with Crippen molar-refractivity contribution in [3.05, 3.63) is 48.3 Å². The average molecular weight is 412 g/mol. The van der Waals surface area contributed by atoms with Crippen LogP contribution >= 0.6 is 11.8 Å². The van der Waals surface area contributed by atoms with Crippen LogP contribution in [0.1, 0.15) is 5.56 Å². The molecule has 3 heterocycles. The van der Waals surface area contributed by atoms with E-state index in [0.29, 0.717) is 0 Å². The van der Waals surface area contributed by atoms with E-state index in [0.717, 1.165) is 57.7 Å². The number of benzene rings is 1. The van der Waals surface area contributed by atoms with Crippen molar-refractivity contribution in [2.45, 2.75) is 6.54 Å². The van der Waals surface area contributed by atoms with E-state index in [1.165, 1.54) is 22.8 Å². The molecule has 0 saturated carbocycles. The second-order valence-corrected chi connectivity index (χ2v) is 8.41. The fourth-order valence-electron chi connectivity index (χ4n) is 3.73. The zero-order chi connectivity index (χ0) is 19.9. The number of guanidine groups is 1. The lowest BCUT2D eigenvalue weighted by Gasteiger charge is -2.36. The summed E-state index contributed by atoms with van der Waals surface area (Å²) in [5.41, 5.74) is 2.61. The van der Waals surface area contributed by atoms with Crippen LogP contribution in [0.3, 0.4) is 0 Å². The molecule has 2 aliphatic heterocycles. The highest BCUT2D eigenvalue weighted by molar-refractivity contribution is 7.99. The number of hydrogen-bond donors (Lipinski definition) is 1. The number of aromatic nitrogens is 2. The van der Waals surface area contributed by atoms with Gasteiger partial charge in [-0.1, -0.05) is 12.1 Å². The Morgan fingerprint density at radius 3 is 2.31 bits per heavy atom. The number of nitrogens with one attached hydrogen (secondary N) is 1. The summed E-state index contributed by atoms with van der Waals surface area (Å²) in [7, 11) is 1.85. The number of anilines is 2. The molecule has 8 heteroatoms. The van der Waals surface area contributed by atoms with E-state index in [1.807, 2.05) is 24.9 Å². The van der Waals surface area contributed by atoms with Crippen molar-refractivity contribution in [3.8, 4) is 0 Å². The zero-order valence-corrected chi connectivity index (χ0v) is 17.8. The smallest absolute Gasteiger partial charge is 0.225 e. The van der Waals surface area contributed by atoms with Gasteiger partial charge in [-0.2, -0.15) is 11.8 Å². The Hall–Kier alpha value is -2.48. The summed E-state index contributed by atoms with van der Waals surface area (Å²) in [4.78, 5) is 20.2. The highest BCUT2D eigenvalue weighted by Gasteiger charge is 2.21. The van der Waals surface area contributed by atoms with E-state index in [4.69, 9.17) is 0 Å². The summed E-state index contributed by atoms with van der Waals surface area (Å²) >= 11 is 2.04. The number of rotatable bonds is 4. The molecule has 2 aliphatic rings. The molecule has 0 aliphatic carbocycles. The molecule has 1 N–H and O–H groups in total. The topological polar surface area (TPSA) is 59.9 Å². The van der Waals surface area contributed by atoms with Crippen molar-refractivity contribution in [1.82, 2.24) is 20.2 Å². The van der Waals surface area contributed by atoms with Crippen LogP contribution < -0.4 is 15.1 Å². The first kappa shape index (κ1) is 19.8. The highest BCUT2D eigenvalue weighted by atomic mass is 32.2. The van der Waals surface area contributed by atoms with Crippen molar-refractivity contribution in [3.63, 3.8) is 0 Å². The maximum Gasteiger partial charge on any atom is 0.225 e. The number of thioether (sulfide) groups is 1. The fourth-order valence-corrected chi connectivity index (χ4v) is 4.64. The van der Waals surface area contributed by atoms with Crippen LogP contribution in [0.4, 0.5) is 11.6 Å². The molecule has 0 amide bonds. The third-order valence-electron chi connectivity index (χ3n) is 5.39. The second kappa shape index (κ2) is 9.82.